The van der Waals surface area contributed by atoms with Crippen LogP contribution in [0.3, 0.4) is 0 Å². The van der Waals surface area contributed by atoms with Crippen LogP contribution in [-0.2, 0) is 6.54 Å². The highest BCUT2D eigenvalue weighted by Crippen LogP contribution is 2.34. The summed E-state index contributed by atoms with van der Waals surface area (Å²) in [7, 11) is 1.67. The summed E-state index contributed by atoms with van der Waals surface area (Å²) in [5.74, 6) is 0. The zero-order valence-electron chi connectivity index (χ0n) is 8.92. The van der Waals surface area contributed by atoms with Crippen LogP contribution in [-0.4, -0.2) is 24.9 Å². The molecule has 0 bridgehead atoms. The van der Waals surface area contributed by atoms with E-state index in [0.717, 1.165) is 22.5 Å². The molecule has 3 nitrogen and oxygen atoms in total. The average Bonchev–Trinajstić information content (AvgIpc) is 2.56. The normalized spacial score (nSPS) is 12.8. The van der Waals surface area contributed by atoms with E-state index in [-0.39, 0.29) is 6.61 Å². The highest BCUT2D eigenvalue weighted by Gasteiger charge is 2.07. The maximum atomic E-state index is 8.76. The monoisotopic (exact) mass is 293 g/mol. The second-order valence-electron chi connectivity index (χ2n) is 3.35. The molecule has 0 spiro atoms. The van der Waals surface area contributed by atoms with Crippen molar-refractivity contribution in [1.29, 1.82) is 0 Å². The van der Waals surface area contributed by atoms with E-state index in [1.807, 2.05) is 0 Å². The van der Waals surface area contributed by atoms with E-state index in [2.05, 4.69) is 34.2 Å². The third-order valence-corrected chi connectivity index (χ3v) is 4.03. The minimum absolute atomic E-state index is 0.228. The first kappa shape index (κ1) is 13.0. The molecule has 0 amide bonds. The minimum atomic E-state index is 0.228. The van der Waals surface area contributed by atoms with E-state index in [1.165, 1.54) is 4.88 Å². The number of methoxy groups -OCH3 is 1. The van der Waals surface area contributed by atoms with Gasteiger partial charge in [0.05, 0.1) is 11.6 Å². The Kier molecular flexibility index (Phi) is 5.60. The van der Waals surface area contributed by atoms with Crippen molar-refractivity contribution < 1.29 is 9.84 Å². The number of aliphatic hydroxyl groups is 1. The molecular formula is C10H16BrNO2S. The summed E-state index contributed by atoms with van der Waals surface area (Å²) in [5, 5.41) is 13.0. The van der Waals surface area contributed by atoms with Gasteiger partial charge in [-0.25, -0.2) is 0 Å². The molecule has 1 unspecified atom stereocenters. The van der Waals surface area contributed by atoms with Crippen molar-refractivity contribution in [3.63, 3.8) is 0 Å². The van der Waals surface area contributed by atoms with Crippen molar-refractivity contribution in [2.75, 3.05) is 13.7 Å². The molecule has 0 aliphatic heterocycles. The lowest BCUT2D eigenvalue weighted by Crippen LogP contribution is -2.25. The van der Waals surface area contributed by atoms with Gasteiger partial charge in [-0.05, 0) is 35.3 Å². The van der Waals surface area contributed by atoms with Crippen molar-refractivity contribution in [2.24, 2.45) is 0 Å². The summed E-state index contributed by atoms with van der Waals surface area (Å²) >= 11 is 5.06. The highest BCUT2D eigenvalue weighted by molar-refractivity contribution is 9.10. The number of ether oxygens (including phenoxy) is 1. The Hall–Kier alpha value is -0.100. The molecule has 1 aromatic heterocycles. The van der Waals surface area contributed by atoms with Crippen LogP contribution in [0.5, 0.6) is 5.06 Å². The van der Waals surface area contributed by atoms with E-state index in [9.17, 15) is 0 Å². The van der Waals surface area contributed by atoms with Gasteiger partial charge < -0.3 is 15.2 Å². The fourth-order valence-electron chi connectivity index (χ4n) is 1.19. The summed E-state index contributed by atoms with van der Waals surface area (Å²) in [5.41, 5.74) is 0. The van der Waals surface area contributed by atoms with Crippen molar-refractivity contribution in [3.05, 3.63) is 15.4 Å². The summed E-state index contributed by atoms with van der Waals surface area (Å²) in [6.45, 7) is 3.11. The van der Waals surface area contributed by atoms with Crippen molar-refractivity contribution in [1.82, 2.24) is 5.32 Å². The van der Waals surface area contributed by atoms with Gasteiger partial charge in [-0.2, -0.15) is 0 Å². The molecule has 0 aliphatic carbocycles. The van der Waals surface area contributed by atoms with Crippen molar-refractivity contribution in [3.8, 4) is 5.06 Å². The molecule has 0 aromatic carbocycles. The minimum Gasteiger partial charge on any atom is -0.486 e. The molecule has 0 aliphatic rings. The maximum Gasteiger partial charge on any atom is 0.188 e. The third-order valence-electron chi connectivity index (χ3n) is 2.08. The van der Waals surface area contributed by atoms with Crippen LogP contribution in [0.4, 0.5) is 0 Å². The maximum absolute atomic E-state index is 8.76. The van der Waals surface area contributed by atoms with Gasteiger partial charge in [0.15, 0.2) is 5.06 Å². The Bertz CT molecular complexity index is 304. The number of thiophene rings is 1. The Morgan fingerprint density at radius 2 is 2.40 bits per heavy atom. The molecule has 0 radical (unpaired) electrons. The zero-order valence-corrected chi connectivity index (χ0v) is 11.3. The van der Waals surface area contributed by atoms with Gasteiger partial charge >= 0.3 is 0 Å². The summed E-state index contributed by atoms with van der Waals surface area (Å²) in [6.07, 6.45) is 0.781. The summed E-state index contributed by atoms with van der Waals surface area (Å²) in [4.78, 5) is 1.23. The van der Waals surface area contributed by atoms with E-state index >= 15 is 0 Å². The first-order valence-corrected chi connectivity index (χ1v) is 6.44. The van der Waals surface area contributed by atoms with Crippen LogP contribution >= 0.6 is 27.3 Å². The van der Waals surface area contributed by atoms with Crippen LogP contribution in [0.15, 0.2) is 10.5 Å². The Labute approximate surface area is 103 Å². The number of hydrogen-bond acceptors (Lipinski definition) is 4. The zero-order chi connectivity index (χ0) is 11.3. The molecular weight excluding hydrogens is 278 g/mol. The Morgan fingerprint density at radius 3 is 2.93 bits per heavy atom. The first-order chi connectivity index (χ1) is 7.17. The average molecular weight is 294 g/mol. The predicted molar refractivity (Wildman–Crippen MR) is 66.6 cm³/mol. The van der Waals surface area contributed by atoms with Gasteiger partial charge in [0.1, 0.15) is 0 Å². The van der Waals surface area contributed by atoms with E-state index in [0.29, 0.717) is 6.04 Å². The number of hydrogen-bond donors (Lipinski definition) is 2. The number of rotatable bonds is 6. The summed E-state index contributed by atoms with van der Waals surface area (Å²) < 4.78 is 6.19. The lowest BCUT2D eigenvalue weighted by atomic mass is 10.2. The lowest BCUT2D eigenvalue weighted by Gasteiger charge is -2.10. The van der Waals surface area contributed by atoms with E-state index < -0.39 is 0 Å². The quantitative estimate of drug-likeness (QED) is 0.846. The summed E-state index contributed by atoms with van der Waals surface area (Å²) in [6, 6.07) is 2.39. The van der Waals surface area contributed by atoms with Crippen molar-refractivity contribution >= 4 is 27.3 Å². The Morgan fingerprint density at radius 1 is 1.67 bits per heavy atom. The van der Waals surface area contributed by atoms with E-state index in [1.54, 1.807) is 18.4 Å². The second-order valence-corrected chi connectivity index (χ2v) is 5.30. The molecule has 2 N–H and O–H groups in total. The largest absolute Gasteiger partial charge is 0.486 e. The molecule has 86 valence electrons. The highest BCUT2D eigenvalue weighted by atomic mass is 79.9. The molecule has 1 atom stereocenters. The molecule has 1 aromatic rings. The topological polar surface area (TPSA) is 41.5 Å². The van der Waals surface area contributed by atoms with Gasteiger partial charge in [-0.15, -0.1) is 11.3 Å². The molecule has 0 saturated carbocycles. The van der Waals surface area contributed by atoms with Gasteiger partial charge in [0.2, 0.25) is 0 Å². The van der Waals surface area contributed by atoms with Gasteiger partial charge in [0.25, 0.3) is 0 Å². The fraction of sp³-hybridized carbons (Fsp3) is 0.600. The lowest BCUT2D eigenvalue weighted by molar-refractivity contribution is 0.269. The number of aliphatic hydroxyl groups excluding tert-OH is 1. The third kappa shape index (κ3) is 4.10. The molecule has 1 rings (SSSR count). The van der Waals surface area contributed by atoms with Gasteiger partial charge in [-0.1, -0.05) is 0 Å². The van der Waals surface area contributed by atoms with Crippen LogP contribution in [0.25, 0.3) is 0 Å². The smallest absolute Gasteiger partial charge is 0.188 e. The first-order valence-electron chi connectivity index (χ1n) is 4.83. The molecule has 1 heterocycles. The van der Waals surface area contributed by atoms with Crippen LogP contribution in [0.2, 0.25) is 0 Å². The SMILES string of the molecule is COc1sc(CNC(C)CCO)cc1Br. The van der Waals surface area contributed by atoms with Crippen molar-refractivity contribution in [2.45, 2.75) is 25.9 Å². The molecule has 0 fully saturated rings. The molecule has 0 saturated heterocycles. The van der Waals surface area contributed by atoms with E-state index in [4.69, 9.17) is 9.84 Å². The number of nitrogens with one attached hydrogen (secondary N) is 1. The van der Waals surface area contributed by atoms with Crippen LogP contribution in [0.1, 0.15) is 18.2 Å². The van der Waals surface area contributed by atoms with Gasteiger partial charge in [-0.3, -0.25) is 0 Å². The fourth-order valence-corrected chi connectivity index (χ4v) is 2.84. The molecule has 5 heteroatoms. The second kappa shape index (κ2) is 6.48. The number of halogens is 1. The Balaban J connectivity index is 2.43. The van der Waals surface area contributed by atoms with Crippen LogP contribution < -0.4 is 10.1 Å². The molecule has 15 heavy (non-hydrogen) atoms. The van der Waals surface area contributed by atoms with Gasteiger partial charge in [0, 0.05) is 24.1 Å². The standard InChI is InChI=1S/C10H16BrNO2S/c1-7(3-4-13)12-6-8-5-9(11)10(14-2)15-8/h5,7,12-13H,3-4,6H2,1-2H3. The van der Waals surface area contributed by atoms with Crippen LogP contribution in [0, 0.1) is 0 Å². The predicted octanol–water partition coefficient (Wildman–Crippen LogP) is 2.38.